The number of amidine groups is 1. The van der Waals surface area contributed by atoms with Crippen LogP contribution in [-0.2, 0) is 0 Å². The van der Waals surface area contributed by atoms with Crippen LogP contribution in [0.25, 0.3) is 0 Å². The number of aliphatic imine (C=N–C) groups is 1. The van der Waals surface area contributed by atoms with Crippen molar-refractivity contribution in [2.24, 2.45) is 10.4 Å². The molecule has 4 nitrogen and oxygen atoms in total. The first-order valence-corrected chi connectivity index (χ1v) is 8.89. The Bertz CT molecular complexity index is 535. The average Bonchev–Trinajstić information content (AvgIpc) is 2.53. The molecule has 0 aromatic heterocycles. The summed E-state index contributed by atoms with van der Waals surface area (Å²) in [5.74, 6) is 1.48. The first-order chi connectivity index (χ1) is 11.5. The zero-order valence-electron chi connectivity index (χ0n) is 15.6. The lowest BCUT2D eigenvalue weighted by Gasteiger charge is -2.16. The zero-order chi connectivity index (χ0) is 17.8. The standard InChI is InChI=1S/C20H31N3O/c1-5-6-7-8-15-24-18-11-9-17(10-12-18)19(23-16-21)22-14-13-20(2,3)4/h9-12H,5-8,13-15H2,1-4H3,(H,22,23). The number of hydrogen-bond acceptors (Lipinski definition) is 3. The van der Waals surface area contributed by atoms with Gasteiger partial charge in [-0.25, -0.2) is 0 Å². The molecule has 0 saturated carbocycles. The van der Waals surface area contributed by atoms with E-state index in [1.54, 1.807) is 0 Å². The lowest BCUT2D eigenvalue weighted by molar-refractivity contribution is 0.305. The number of hydrogen-bond donors (Lipinski definition) is 1. The molecule has 24 heavy (non-hydrogen) atoms. The fourth-order valence-corrected chi connectivity index (χ4v) is 2.19. The maximum absolute atomic E-state index is 8.93. The molecular weight excluding hydrogens is 298 g/mol. The largest absolute Gasteiger partial charge is 0.494 e. The number of unbranched alkanes of at least 4 members (excludes halogenated alkanes) is 3. The van der Waals surface area contributed by atoms with Crippen molar-refractivity contribution in [3.63, 3.8) is 0 Å². The lowest BCUT2D eigenvalue weighted by Crippen LogP contribution is -2.20. The number of benzene rings is 1. The molecule has 1 rings (SSSR count). The number of nitrogens with zero attached hydrogens (tertiary/aromatic N) is 2. The summed E-state index contributed by atoms with van der Waals surface area (Å²) in [6, 6.07) is 7.77. The van der Waals surface area contributed by atoms with Gasteiger partial charge in [-0.15, -0.1) is 0 Å². The van der Waals surface area contributed by atoms with Crippen LogP contribution in [0.5, 0.6) is 5.75 Å². The van der Waals surface area contributed by atoms with E-state index in [0.717, 1.165) is 30.8 Å². The molecule has 132 valence electrons. The van der Waals surface area contributed by atoms with Gasteiger partial charge in [0, 0.05) is 12.1 Å². The highest BCUT2D eigenvalue weighted by Gasteiger charge is 2.10. The van der Waals surface area contributed by atoms with Crippen LogP contribution in [0.1, 0.15) is 65.4 Å². The molecule has 1 N–H and O–H groups in total. The Morgan fingerprint density at radius 2 is 1.88 bits per heavy atom. The zero-order valence-corrected chi connectivity index (χ0v) is 15.6. The molecule has 0 heterocycles. The molecule has 0 aliphatic carbocycles. The van der Waals surface area contributed by atoms with Gasteiger partial charge in [0.1, 0.15) is 11.6 Å². The minimum atomic E-state index is 0.233. The molecule has 0 radical (unpaired) electrons. The third kappa shape index (κ3) is 8.57. The Morgan fingerprint density at radius 1 is 1.17 bits per heavy atom. The van der Waals surface area contributed by atoms with Gasteiger partial charge in [-0.3, -0.25) is 10.3 Å². The average molecular weight is 329 g/mol. The summed E-state index contributed by atoms with van der Waals surface area (Å²) in [5, 5.41) is 11.6. The summed E-state index contributed by atoms with van der Waals surface area (Å²) >= 11 is 0. The van der Waals surface area contributed by atoms with Crippen LogP contribution in [-0.4, -0.2) is 19.0 Å². The highest BCUT2D eigenvalue weighted by Crippen LogP contribution is 2.18. The fourth-order valence-electron chi connectivity index (χ4n) is 2.19. The molecule has 0 amide bonds. The van der Waals surface area contributed by atoms with Gasteiger partial charge in [0.05, 0.1) is 6.61 Å². The molecule has 0 spiro atoms. The Balaban J connectivity index is 2.59. The van der Waals surface area contributed by atoms with Crippen LogP contribution >= 0.6 is 0 Å². The van der Waals surface area contributed by atoms with Gasteiger partial charge in [0.2, 0.25) is 0 Å². The molecule has 1 aromatic carbocycles. The van der Waals surface area contributed by atoms with Crippen molar-refractivity contribution < 1.29 is 4.74 Å². The first-order valence-electron chi connectivity index (χ1n) is 8.89. The maximum Gasteiger partial charge on any atom is 0.182 e. The SMILES string of the molecule is CCCCCCOc1ccc(/C(=N/CCC(C)(C)C)NC#N)cc1. The minimum absolute atomic E-state index is 0.233. The summed E-state index contributed by atoms with van der Waals surface area (Å²) in [4.78, 5) is 4.54. The molecule has 0 unspecified atom stereocenters. The van der Waals surface area contributed by atoms with Crippen LogP contribution in [0, 0.1) is 16.9 Å². The number of rotatable bonds is 9. The van der Waals surface area contributed by atoms with E-state index in [2.05, 4.69) is 38.0 Å². The molecule has 1 aromatic rings. The predicted molar refractivity (Wildman–Crippen MR) is 100 cm³/mol. The van der Waals surface area contributed by atoms with Crippen molar-refractivity contribution in [3.05, 3.63) is 29.8 Å². The van der Waals surface area contributed by atoms with Gasteiger partial charge in [0.25, 0.3) is 0 Å². The van der Waals surface area contributed by atoms with Crippen molar-refractivity contribution in [1.82, 2.24) is 5.32 Å². The molecule has 0 bridgehead atoms. The van der Waals surface area contributed by atoms with E-state index in [9.17, 15) is 0 Å². The van der Waals surface area contributed by atoms with E-state index in [0.29, 0.717) is 12.4 Å². The van der Waals surface area contributed by atoms with E-state index in [1.807, 2.05) is 30.5 Å². The van der Waals surface area contributed by atoms with E-state index < -0.39 is 0 Å². The third-order valence-electron chi connectivity index (χ3n) is 3.70. The summed E-state index contributed by atoms with van der Waals surface area (Å²) < 4.78 is 5.75. The fraction of sp³-hybridized carbons (Fsp3) is 0.600. The van der Waals surface area contributed by atoms with E-state index >= 15 is 0 Å². The second kappa shape index (κ2) is 10.7. The summed E-state index contributed by atoms with van der Waals surface area (Å²) in [6.45, 7) is 10.2. The Kier molecular flexibility index (Phi) is 8.93. The van der Waals surface area contributed by atoms with Gasteiger partial charge in [-0.1, -0.05) is 47.0 Å². The number of nitrogens with one attached hydrogen (secondary N) is 1. The summed E-state index contributed by atoms with van der Waals surface area (Å²) in [6.07, 6.45) is 7.74. The van der Waals surface area contributed by atoms with Crippen LogP contribution in [0.4, 0.5) is 0 Å². The quantitative estimate of drug-likeness (QED) is 0.230. The highest BCUT2D eigenvalue weighted by molar-refractivity contribution is 5.99. The third-order valence-corrected chi connectivity index (χ3v) is 3.70. The molecule has 0 aliphatic heterocycles. The maximum atomic E-state index is 8.93. The van der Waals surface area contributed by atoms with Crippen LogP contribution in [0.2, 0.25) is 0 Å². The number of nitriles is 1. The van der Waals surface area contributed by atoms with E-state index in [1.165, 1.54) is 19.3 Å². The topological polar surface area (TPSA) is 57.4 Å². The summed E-state index contributed by atoms with van der Waals surface area (Å²) in [7, 11) is 0. The lowest BCUT2D eigenvalue weighted by atomic mass is 9.92. The van der Waals surface area contributed by atoms with Gasteiger partial charge in [0.15, 0.2) is 6.19 Å². The Labute approximate surface area is 146 Å². The van der Waals surface area contributed by atoms with Crippen molar-refractivity contribution in [2.75, 3.05) is 13.2 Å². The minimum Gasteiger partial charge on any atom is -0.494 e. The molecule has 0 aliphatic rings. The van der Waals surface area contributed by atoms with Crippen molar-refractivity contribution >= 4 is 5.84 Å². The smallest absolute Gasteiger partial charge is 0.182 e. The van der Waals surface area contributed by atoms with Crippen LogP contribution in [0.3, 0.4) is 0 Å². The van der Waals surface area contributed by atoms with Crippen molar-refractivity contribution in [1.29, 1.82) is 5.26 Å². The van der Waals surface area contributed by atoms with E-state index in [4.69, 9.17) is 10.00 Å². The Hall–Kier alpha value is -2.02. The van der Waals surface area contributed by atoms with Gasteiger partial charge in [-0.05, 0) is 42.5 Å². The molecular formula is C20H31N3O. The first kappa shape index (κ1) is 20.0. The van der Waals surface area contributed by atoms with Gasteiger partial charge < -0.3 is 4.74 Å². The van der Waals surface area contributed by atoms with Crippen molar-refractivity contribution in [2.45, 2.75) is 59.8 Å². The Morgan fingerprint density at radius 3 is 2.46 bits per heavy atom. The van der Waals surface area contributed by atoms with E-state index in [-0.39, 0.29) is 5.41 Å². The van der Waals surface area contributed by atoms with Crippen molar-refractivity contribution in [3.8, 4) is 11.9 Å². The molecule has 0 saturated heterocycles. The predicted octanol–water partition coefficient (Wildman–Crippen LogP) is 4.90. The van der Waals surface area contributed by atoms with Gasteiger partial charge in [-0.2, -0.15) is 5.26 Å². The second-order valence-corrected chi connectivity index (χ2v) is 7.21. The van der Waals surface area contributed by atoms with Gasteiger partial charge >= 0.3 is 0 Å². The molecule has 0 fully saturated rings. The van der Waals surface area contributed by atoms with Crippen LogP contribution < -0.4 is 10.1 Å². The monoisotopic (exact) mass is 329 g/mol. The van der Waals surface area contributed by atoms with Crippen LogP contribution in [0.15, 0.2) is 29.3 Å². The second-order valence-electron chi connectivity index (χ2n) is 7.21. The molecule has 4 heteroatoms. The highest BCUT2D eigenvalue weighted by atomic mass is 16.5. The molecule has 0 atom stereocenters. The normalized spacial score (nSPS) is 11.9. The number of ether oxygens (including phenoxy) is 1. The summed E-state index contributed by atoms with van der Waals surface area (Å²) in [5.41, 5.74) is 1.14.